The van der Waals surface area contributed by atoms with Crippen LogP contribution in [-0.2, 0) is 4.79 Å². The van der Waals surface area contributed by atoms with E-state index in [2.05, 4.69) is 5.32 Å². The summed E-state index contributed by atoms with van der Waals surface area (Å²) in [6, 6.07) is 0. The number of rotatable bonds is 3. The fraction of sp³-hybridized carbons (Fsp3) is 0.929. The summed E-state index contributed by atoms with van der Waals surface area (Å²) in [5, 5.41) is 3.38. The van der Waals surface area contributed by atoms with E-state index in [0.717, 1.165) is 17.8 Å². The molecule has 4 fully saturated rings. The molecule has 0 spiro atoms. The van der Waals surface area contributed by atoms with Gasteiger partial charge in [-0.25, -0.2) is 0 Å². The molecule has 3 heteroatoms. The van der Waals surface area contributed by atoms with Crippen molar-refractivity contribution >= 4 is 5.91 Å². The zero-order chi connectivity index (χ0) is 12.0. The SMILES string of the molecule is CN(C)CC(=O)NC12CC3CC(CC(C3)C1)C2. The van der Waals surface area contributed by atoms with Crippen molar-refractivity contribution in [3.05, 3.63) is 0 Å². The van der Waals surface area contributed by atoms with E-state index < -0.39 is 0 Å². The third-order valence-electron chi connectivity index (χ3n) is 4.90. The van der Waals surface area contributed by atoms with Crippen LogP contribution in [0.15, 0.2) is 0 Å². The van der Waals surface area contributed by atoms with Crippen LogP contribution in [0.3, 0.4) is 0 Å². The van der Waals surface area contributed by atoms with Gasteiger partial charge in [0.2, 0.25) is 5.91 Å². The van der Waals surface area contributed by atoms with Crippen LogP contribution in [-0.4, -0.2) is 37.0 Å². The highest BCUT2D eigenvalue weighted by Crippen LogP contribution is 2.55. The quantitative estimate of drug-likeness (QED) is 0.808. The summed E-state index contributed by atoms with van der Waals surface area (Å²) in [6.45, 7) is 0.530. The van der Waals surface area contributed by atoms with Crippen LogP contribution in [0.1, 0.15) is 38.5 Å². The Balaban J connectivity index is 1.68. The van der Waals surface area contributed by atoms with E-state index in [4.69, 9.17) is 0 Å². The molecule has 4 rings (SSSR count). The first-order valence-corrected chi connectivity index (χ1v) is 7.00. The molecular formula is C14H24N2O. The normalized spacial score (nSPS) is 43.1. The molecular weight excluding hydrogens is 212 g/mol. The average molecular weight is 236 g/mol. The molecule has 0 atom stereocenters. The highest BCUT2D eigenvalue weighted by molar-refractivity contribution is 5.78. The number of nitrogens with zero attached hydrogens (tertiary/aromatic N) is 1. The fourth-order valence-corrected chi connectivity index (χ4v) is 4.89. The lowest BCUT2D eigenvalue weighted by atomic mass is 9.53. The number of nitrogens with one attached hydrogen (secondary N) is 1. The molecule has 0 radical (unpaired) electrons. The Labute approximate surface area is 104 Å². The molecule has 0 saturated heterocycles. The summed E-state index contributed by atoms with van der Waals surface area (Å²) in [6.07, 6.45) is 8.04. The molecule has 1 N–H and O–H groups in total. The summed E-state index contributed by atoms with van der Waals surface area (Å²) >= 11 is 0. The van der Waals surface area contributed by atoms with E-state index >= 15 is 0 Å². The third-order valence-corrected chi connectivity index (χ3v) is 4.90. The maximum Gasteiger partial charge on any atom is 0.234 e. The minimum absolute atomic E-state index is 0.182. The van der Waals surface area contributed by atoms with Crippen molar-refractivity contribution in [2.75, 3.05) is 20.6 Å². The van der Waals surface area contributed by atoms with Crippen molar-refractivity contribution < 1.29 is 4.79 Å². The Hall–Kier alpha value is -0.570. The highest BCUT2D eigenvalue weighted by Gasteiger charge is 2.51. The molecule has 17 heavy (non-hydrogen) atoms. The predicted octanol–water partition coefficient (Wildman–Crippen LogP) is 1.63. The number of hydrogen-bond donors (Lipinski definition) is 1. The zero-order valence-electron chi connectivity index (χ0n) is 11.0. The highest BCUT2D eigenvalue weighted by atomic mass is 16.2. The van der Waals surface area contributed by atoms with Crippen LogP contribution in [0, 0.1) is 17.8 Å². The number of hydrogen-bond acceptors (Lipinski definition) is 2. The first-order valence-electron chi connectivity index (χ1n) is 7.00. The van der Waals surface area contributed by atoms with Gasteiger partial charge in [-0.3, -0.25) is 4.79 Å². The van der Waals surface area contributed by atoms with E-state index in [9.17, 15) is 4.79 Å². The standard InChI is InChI=1S/C14H24N2O/c1-16(2)9-13(17)15-14-6-10-3-11(7-14)5-12(4-10)8-14/h10-12H,3-9H2,1-2H3,(H,15,17). The number of amides is 1. The van der Waals surface area contributed by atoms with Gasteiger partial charge in [0.1, 0.15) is 0 Å². The van der Waals surface area contributed by atoms with Gasteiger partial charge in [-0.15, -0.1) is 0 Å². The topological polar surface area (TPSA) is 32.3 Å². The van der Waals surface area contributed by atoms with Crippen LogP contribution in [0.25, 0.3) is 0 Å². The van der Waals surface area contributed by atoms with Crippen LogP contribution in [0.5, 0.6) is 0 Å². The van der Waals surface area contributed by atoms with Gasteiger partial charge in [-0.1, -0.05) is 0 Å². The van der Waals surface area contributed by atoms with Gasteiger partial charge >= 0.3 is 0 Å². The van der Waals surface area contributed by atoms with Crippen LogP contribution < -0.4 is 5.32 Å². The summed E-state index contributed by atoms with van der Waals surface area (Å²) in [4.78, 5) is 13.9. The summed E-state index contributed by atoms with van der Waals surface area (Å²) in [7, 11) is 3.92. The van der Waals surface area contributed by atoms with Crippen molar-refractivity contribution in [3.63, 3.8) is 0 Å². The molecule has 4 aliphatic carbocycles. The first-order chi connectivity index (χ1) is 8.05. The lowest BCUT2D eigenvalue weighted by molar-refractivity contribution is -0.127. The van der Waals surface area contributed by atoms with E-state index in [1.165, 1.54) is 38.5 Å². The van der Waals surface area contributed by atoms with Gasteiger partial charge in [0.25, 0.3) is 0 Å². The minimum atomic E-state index is 0.182. The molecule has 0 aromatic rings. The third kappa shape index (κ3) is 2.22. The molecule has 4 aliphatic rings. The van der Waals surface area contributed by atoms with Crippen molar-refractivity contribution in [2.24, 2.45) is 17.8 Å². The summed E-state index contributed by atoms with van der Waals surface area (Å²) in [5.41, 5.74) is 0.182. The Morgan fingerprint density at radius 2 is 1.59 bits per heavy atom. The Morgan fingerprint density at radius 1 is 1.12 bits per heavy atom. The molecule has 4 saturated carbocycles. The van der Waals surface area contributed by atoms with E-state index in [1.807, 2.05) is 19.0 Å². The maximum absolute atomic E-state index is 12.0. The predicted molar refractivity (Wildman–Crippen MR) is 67.6 cm³/mol. The Bertz CT molecular complexity index is 289. The van der Waals surface area contributed by atoms with Crippen LogP contribution >= 0.6 is 0 Å². The lowest BCUT2D eigenvalue weighted by Gasteiger charge is -2.57. The van der Waals surface area contributed by atoms with Crippen molar-refractivity contribution in [1.82, 2.24) is 10.2 Å². The van der Waals surface area contributed by atoms with Crippen LogP contribution in [0.2, 0.25) is 0 Å². The van der Waals surface area contributed by atoms with E-state index in [-0.39, 0.29) is 11.4 Å². The Kier molecular flexibility index (Phi) is 2.69. The molecule has 0 aliphatic heterocycles. The second-order valence-electron chi connectivity index (χ2n) is 6.98. The van der Waals surface area contributed by atoms with E-state index in [0.29, 0.717) is 6.54 Å². The molecule has 4 bridgehead atoms. The van der Waals surface area contributed by atoms with Gasteiger partial charge in [-0.2, -0.15) is 0 Å². The number of carbonyl (C=O) groups excluding carboxylic acids is 1. The first kappa shape index (κ1) is 11.5. The van der Waals surface area contributed by atoms with Crippen molar-refractivity contribution in [1.29, 1.82) is 0 Å². The molecule has 0 aromatic carbocycles. The summed E-state index contributed by atoms with van der Waals surface area (Å²) in [5.74, 6) is 2.93. The second kappa shape index (κ2) is 3.98. The molecule has 1 amide bonds. The van der Waals surface area contributed by atoms with Gasteiger partial charge in [0.05, 0.1) is 6.54 Å². The molecule has 0 unspecified atom stereocenters. The molecule has 0 aromatic heterocycles. The van der Waals surface area contributed by atoms with E-state index in [1.54, 1.807) is 0 Å². The van der Waals surface area contributed by atoms with Gasteiger partial charge in [0, 0.05) is 5.54 Å². The number of carbonyl (C=O) groups is 1. The Morgan fingerprint density at radius 3 is 2.00 bits per heavy atom. The van der Waals surface area contributed by atoms with Crippen LogP contribution in [0.4, 0.5) is 0 Å². The van der Waals surface area contributed by atoms with Gasteiger partial charge in [0.15, 0.2) is 0 Å². The minimum Gasteiger partial charge on any atom is -0.350 e. The smallest absolute Gasteiger partial charge is 0.234 e. The largest absolute Gasteiger partial charge is 0.350 e. The maximum atomic E-state index is 12.0. The fourth-order valence-electron chi connectivity index (χ4n) is 4.89. The second-order valence-corrected chi connectivity index (χ2v) is 6.98. The monoisotopic (exact) mass is 236 g/mol. The molecule has 0 heterocycles. The van der Waals surface area contributed by atoms with Crippen molar-refractivity contribution in [3.8, 4) is 0 Å². The molecule has 96 valence electrons. The molecule has 3 nitrogen and oxygen atoms in total. The summed E-state index contributed by atoms with van der Waals surface area (Å²) < 4.78 is 0. The van der Waals surface area contributed by atoms with Crippen molar-refractivity contribution in [2.45, 2.75) is 44.1 Å². The zero-order valence-corrected chi connectivity index (χ0v) is 11.0. The van der Waals surface area contributed by atoms with Gasteiger partial charge < -0.3 is 10.2 Å². The number of likely N-dealkylation sites (N-methyl/N-ethyl adjacent to an activating group) is 1. The van der Waals surface area contributed by atoms with Gasteiger partial charge in [-0.05, 0) is 70.4 Å². The average Bonchev–Trinajstić information content (AvgIpc) is 2.11. The lowest BCUT2D eigenvalue weighted by Crippen LogP contribution is -2.60.